The molecule has 20 heavy (non-hydrogen) atoms. The SMILES string of the molecule is COc1cccc(C2CC(=O)NC2c2ccccc2)n1. The summed E-state index contributed by atoms with van der Waals surface area (Å²) in [7, 11) is 1.60. The van der Waals surface area contributed by atoms with Crippen LogP contribution in [0.1, 0.15) is 29.6 Å². The molecule has 102 valence electrons. The van der Waals surface area contributed by atoms with Crippen molar-refractivity contribution in [3.05, 3.63) is 59.8 Å². The van der Waals surface area contributed by atoms with Gasteiger partial charge in [-0.05, 0) is 11.6 Å². The molecule has 1 amide bonds. The number of aromatic nitrogens is 1. The summed E-state index contributed by atoms with van der Waals surface area (Å²) in [6.07, 6.45) is 0.458. The summed E-state index contributed by atoms with van der Waals surface area (Å²) >= 11 is 0. The predicted octanol–water partition coefficient (Wildman–Crippen LogP) is 2.44. The minimum Gasteiger partial charge on any atom is -0.481 e. The Morgan fingerprint density at radius 3 is 2.70 bits per heavy atom. The molecule has 2 unspecified atom stereocenters. The molecule has 1 aromatic heterocycles. The first-order valence-electron chi connectivity index (χ1n) is 6.63. The van der Waals surface area contributed by atoms with Crippen LogP contribution in [-0.2, 0) is 4.79 Å². The summed E-state index contributed by atoms with van der Waals surface area (Å²) in [5.41, 5.74) is 1.99. The van der Waals surface area contributed by atoms with Gasteiger partial charge in [-0.2, -0.15) is 0 Å². The molecule has 1 saturated heterocycles. The van der Waals surface area contributed by atoms with Crippen LogP contribution in [0.3, 0.4) is 0 Å². The number of benzene rings is 1. The highest BCUT2D eigenvalue weighted by Crippen LogP contribution is 2.37. The lowest BCUT2D eigenvalue weighted by Crippen LogP contribution is -2.20. The largest absolute Gasteiger partial charge is 0.481 e. The van der Waals surface area contributed by atoms with Gasteiger partial charge >= 0.3 is 0 Å². The zero-order valence-corrected chi connectivity index (χ0v) is 11.2. The van der Waals surface area contributed by atoms with E-state index < -0.39 is 0 Å². The number of amides is 1. The lowest BCUT2D eigenvalue weighted by molar-refractivity contribution is -0.119. The highest BCUT2D eigenvalue weighted by atomic mass is 16.5. The van der Waals surface area contributed by atoms with Gasteiger partial charge in [0.25, 0.3) is 0 Å². The predicted molar refractivity (Wildman–Crippen MR) is 75.5 cm³/mol. The topological polar surface area (TPSA) is 51.2 Å². The summed E-state index contributed by atoms with van der Waals surface area (Å²) in [6, 6.07) is 15.6. The Balaban J connectivity index is 1.96. The van der Waals surface area contributed by atoms with E-state index in [0.29, 0.717) is 12.3 Å². The number of rotatable bonds is 3. The van der Waals surface area contributed by atoms with Crippen molar-refractivity contribution < 1.29 is 9.53 Å². The third-order valence-electron chi connectivity index (χ3n) is 3.62. The van der Waals surface area contributed by atoms with Gasteiger partial charge in [0, 0.05) is 18.4 Å². The molecule has 0 radical (unpaired) electrons. The molecule has 2 atom stereocenters. The molecule has 1 aliphatic heterocycles. The summed E-state index contributed by atoms with van der Waals surface area (Å²) in [5.74, 6) is 0.683. The Morgan fingerprint density at radius 2 is 1.95 bits per heavy atom. The quantitative estimate of drug-likeness (QED) is 0.930. The molecule has 4 heteroatoms. The van der Waals surface area contributed by atoms with E-state index in [4.69, 9.17) is 4.74 Å². The van der Waals surface area contributed by atoms with Crippen molar-refractivity contribution in [2.45, 2.75) is 18.4 Å². The molecule has 1 N–H and O–H groups in total. The number of nitrogens with zero attached hydrogens (tertiary/aromatic N) is 1. The lowest BCUT2D eigenvalue weighted by Gasteiger charge is -2.19. The first-order valence-corrected chi connectivity index (χ1v) is 6.63. The molecule has 0 spiro atoms. The maximum absolute atomic E-state index is 11.8. The van der Waals surface area contributed by atoms with Gasteiger partial charge in [0.15, 0.2) is 0 Å². The van der Waals surface area contributed by atoms with Crippen molar-refractivity contribution in [3.8, 4) is 5.88 Å². The van der Waals surface area contributed by atoms with E-state index in [-0.39, 0.29) is 17.9 Å². The van der Waals surface area contributed by atoms with E-state index in [2.05, 4.69) is 10.3 Å². The maximum atomic E-state index is 11.8. The van der Waals surface area contributed by atoms with Crippen molar-refractivity contribution >= 4 is 5.91 Å². The zero-order chi connectivity index (χ0) is 13.9. The van der Waals surface area contributed by atoms with Crippen molar-refractivity contribution in [3.63, 3.8) is 0 Å². The molecule has 0 aliphatic carbocycles. The molecule has 1 fully saturated rings. The van der Waals surface area contributed by atoms with Crippen molar-refractivity contribution in [2.75, 3.05) is 7.11 Å². The Bertz CT molecular complexity index is 613. The molecule has 1 aliphatic rings. The molecule has 0 bridgehead atoms. The second-order valence-electron chi connectivity index (χ2n) is 4.87. The second kappa shape index (κ2) is 5.33. The smallest absolute Gasteiger partial charge is 0.221 e. The summed E-state index contributed by atoms with van der Waals surface area (Å²) in [5, 5.41) is 3.04. The van der Waals surface area contributed by atoms with Crippen LogP contribution in [-0.4, -0.2) is 18.0 Å². The molecule has 0 saturated carbocycles. The standard InChI is InChI=1S/C16H16N2O2/c1-20-15-9-5-8-13(17-15)12-10-14(19)18-16(12)11-6-3-2-4-7-11/h2-9,12,16H,10H2,1H3,(H,18,19). The monoisotopic (exact) mass is 268 g/mol. The van der Waals surface area contributed by atoms with E-state index in [1.807, 2.05) is 48.5 Å². The number of carbonyl (C=O) groups excluding carboxylic acids is 1. The minimum atomic E-state index is -0.0247. The number of nitrogens with one attached hydrogen (secondary N) is 1. The van der Waals surface area contributed by atoms with Gasteiger partial charge in [-0.15, -0.1) is 0 Å². The van der Waals surface area contributed by atoms with E-state index in [1.165, 1.54) is 0 Å². The fraction of sp³-hybridized carbons (Fsp3) is 0.250. The number of pyridine rings is 1. The Morgan fingerprint density at radius 1 is 1.15 bits per heavy atom. The first kappa shape index (κ1) is 12.7. The summed E-state index contributed by atoms with van der Waals surface area (Å²) < 4.78 is 5.17. The molecule has 2 aromatic rings. The van der Waals surface area contributed by atoms with Gasteiger partial charge in [-0.25, -0.2) is 4.98 Å². The molecular weight excluding hydrogens is 252 g/mol. The van der Waals surface area contributed by atoms with Crippen LogP contribution in [0.25, 0.3) is 0 Å². The van der Waals surface area contributed by atoms with Gasteiger partial charge < -0.3 is 10.1 Å². The van der Waals surface area contributed by atoms with Crippen LogP contribution < -0.4 is 10.1 Å². The first-order chi connectivity index (χ1) is 9.78. The van der Waals surface area contributed by atoms with Crippen molar-refractivity contribution in [1.29, 1.82) is 0 Å². The van der Waals surface area contributed by atoms with Crippen LogP contribution in [0.4, 0.5) is 0 Å². The molecule has 3 rings (SSSR count). The van der Waals surface area contributed by atoms with Crippen LogP contribution in [0.5, 0.6) is 5.88 Å². The fourth-order valence-electron chi connectivity index (χ4n) is 2.65. The van der Waals surface area contributed by atoms with Crippen LogP contribution in [0, 0.1) is 0 Å². The lowest BCUT2D eigenvalue weighted by atomic mass is 9.91. The van der Waals surface area contributed by atoms with Gasteiger partial charge in [-0.1, -0.05) is 36.4 Å². The highest BCUT2D eigenvalue weighted by Gasteiger charge is 2.35. The Hall–Kier alpha value is -2.36. The van der Waals surface area contributed by atoms with Crippen LogP contribution >= 0.6 is 0 Å². The van der Waals surface area contributed by atoms with Gasteiger partial charge in [-0.3, -0.25) is 4.79 Å². The zero-order valence-electron chi connectivity index (χ0n) is 11.2. The van der Waals surface area contributed by atoms with E-state index in [1.54, 1.807) is 7.11 Å². The van der Waals surface area contributed by atoms with Crippen LogP contribution in [0.2, 0.25) is 0 Å². The maximum Gasteiger partial charge on any atom is 0.221 e. The average Bonchev–Trinajstić information content (AvgIpc) is 2.90. The Kier molecular flexibility index (Phi) is 3.37. The highest BCUT2D eigenvalue weighted by molar-refractivity contribution is 5.80. The fourth-order valence-corrected chi connectivity index (χ4v) is 2.65. The number of ether oxygens (including phenoxy) is 1. The van der Waals surface area contributed by atoms with E-state index >= 15 is 0 Å². The van der Waals surface area contributed by atoms with Gasteiger partial charge in [0.1, 0.15) is 0 Å². The van der Waals surface area contributed by atoms with Crippen molar-refractivity contribution in [2.24, 2.45) is 0 Å². The number of methoxy groups -OCH3 is 1. The third-order valence-corrected chi connectivity index (χ3v) is 3.62. The van der Waals surface area contributed by atoms with E-state index in [9.17, 15) is 4.79 Å². The molecule has 4 nitrogen and oxygen atoms in total. The van der Waals surface area contributed by atoms with Crippen LogP contribution in [0.15, 0.2) is 48.5 Å². The third kappa shape index (κ3) is 2.37. The van der Waals surface area contributed by atoms with E-state index in [0.717, 1.165) is 11.3 Å². The van der Waals surface area contributed by atoms with Gasteiger partial charge in [0.05, 0.1) is 18.8 Å². The summed E-state index contributed by atoms with van der Waals surface area (Å²) in [4.78, 5) is 16.3. The number of carbonyl (C=O) groups is 1. The van der Waals surface area contributed by atoms with Gasteiger partial charge in [0.2, 0.25) is 11.8 Å². The second-order valence-corrected chi connectivity index (χ2v) is 4.87. The number of hydrogen-bond acceptors (Lipinski definition) is 3. The normalized spacial score (nSPS) is 21.6. The Labute approximate surface area is 117 Å². The molecule has 1 aromatic carbocycles. The summed E-state index contributed by atoms with van der Waals surface area (Å²) in [6.45, 7) is 0. The number of hydrogen-bond donors (Lipinski definition) is 1. The molecular formula is C16H16N2O2. The minimum absolute atomic E-state index is 0.0247. The molecule has 2 heterocycles. The average molecular weight is 268 g/mol. The van der Waals surface area contributed by atoms with Crippen molar-refractivity contribution in [1.82, 2.24) is 10.3 Å².